The van der Waals surface area contributed by atoms with Crippen LogP contribution in [-0.2, 0) is 17.6 Å². The minimum atomic E-state index is -0.345. The van der Waals surface area contributed by atoms with Crippen molar-refractivity contribution in [1.82, 2.24) is 9.78 Å². The number of aliphatic hydroxyl groups excluding tert-OH is 1. The average molecular weight is 181 g/mol. The zero-order valence-corrected chi connectivity index (χ0v) is 7.10. The van der Waals surface area contributed by atoms with Crippen molar-refractivity contribution in [1.29, 1.82) is 0 Å². The van der Waals surface area contributed by atoms with Gasteiger partial charge >= 0.3 is 0 Å². The topological polar surface area (TPSA) is 81.1 Å². The van der Waals surface area contributed by atoms with Gasteiger partial charge in [-0.2, -0.15) is 9.78 Å². The highest BCUT2D eigenvalue weighted by molar-refractivity contribution is 5.61. The van der Waals surface area contributed by atoms with E-state index in [4.69, 9.17) is 5.73 Å². The van der Waals surface area contributed by atoms with Crippen molar-refractivity contribution in [3.8, 4) is 0 Å². The number of hydrogen-bond donors (Lipinski definition) is 2. The molecule has 1 heterocycles. The van der Waals surface area contributed by atoms with E-state index in [2.05, 4.69) is 5.10 Å². The average Bonchev–Trinajstić information content (AvgIpc) is 2.42. The Labute approximate surface area is 75.2 Å². The number of hydrogen-bond acceptors (Lipinski definition) is 4. The Hall–Kier alpha value is -1.36. The van der Waals surface area contributed by atoms with E-state index >= 15 is 0 Å². The zero-order valence-electron chi connectivity index (χ0n) is 7.10. The van der Waals surface area contributed by atoms with Crippen LogP contribution in [0.3, 0.4) is 0 Å². The summed E-state index contributed by atoms with van der Waals surface area (Å²) < 4.78 is 1.13. The van der Waals surface area contributed by atoms with Gasteiger partial charge in [0.1, 0.15) is 5.82 Å². The molecule has 1 aromatic heterocycles. The van der Waals surface area contributed by atoms with Gasteiger partial charge in [0.05, 0.1) is 11.8 Å². The fourth-order valence-electron chi connectivity index (χ4n) is 1.68. The van der Waals surface area contributed by atoms with E-state index in [0.717, 1.165) is 15.9 Å². The highest BCUT2D eigenvalue weighted by atomic mass is 16.3. The molecule has 0 aliphatic heterocycles. The fourth-order valence-corrected chi connectivity index (χ4v) is 1.68. The van der Waals surface area contributed by atoms with Crippen molar-refractivity contribution in [2.75, 3.05) is 5.73 Å². The number of nitrogen functional groups attached to an aromatic ring is 1. The lowest BCUT2D eigenvalue weighted by atomic mass is 9.95. The Morgan fingerprint density at radius 2 is 2.46 bits per heavy atom. The molecule has 0 saturated carbocycles. The van der Waals surface area contributed by atoms with Gasteiger partial charge in [0.2, 0.25) is 6.41 Å². The van der Waals surface area contributed by atoms with E-state index in [9.17, 15) is 9.90 Å². The van der Waals surface area contributed by atoms with Crippen LogP contribution in [0.2, 0.25) is 0 Å². The van der Waals surface area contributed by atoms with Crippen molar-refractivity contribution >= 4 is 12.2 Å². The first-order valence-corrected chi connectivity index (χ1v) is 4.21. The first-order valence-electron chi connectivity index (χ1n) is 4.21. The minimum absolute atomic E-state index is 0.345. The number of nitrogens with zero attached hydrogens (tertiary/aromatic N) is 2. The molecular formula is C8H11N3O2. The summed E-state index contributed by atoms with van der Waals surface area (Å²) in [5.41, 5.74) is 7.34. The molecule has 0 amide bonds. The SMILES string of the molecule is Nc1c2c(nn1C=O)CC(O)CC2. The lowest BCUT2D eigenvalue weighted by Gasteiger charge is -2.15. The molecule has 0 aromatic carbocycles. The molecule has 1 atom stereocenters. The van der Waals surface area contributed by atoms with Gasteiger partial charge in [-0.15, -0.1) is 0 Å². The highest BCUT2D eigenvalue weighted by Crippen LogP contribution is 2.24. The minimum Gasteiger partial charge on any atom is -0.393 e. The molecule has 1 aliphatic rings. The number of fused-ring (bicyclic) bond motifs is 1. The van der Waals surface area contributed by atoms with Gasteiger partial charge in [0, 0.05) is 12.0 Å². The summed E-state index contributed by atoms with van der Waals surface area (Å²) in [4.78, 5) is 10.5. The molecule has 1 aliphatic carbocycles. The van der Waals surface area contributed by atoms with Crippen LogP contribution in [0.1, 0.15) is 17.7 Å². The van der Waals surface area contributed by atoms with E-state index in [0.29, 0.717) is 31.5 Å². The molecule has 13 heavy (non-hydrogen) atoms. The van der Waals surface area contributed by atoms with Crippen LogP contribution < -0.4 is 5.73 Å². The van der Waals surface area contributed by atoms with Gasteiger partial charge in [-0.3, -0.25) is 4.79 Å². The van der Waals surface area contributed by atoms with Crippen LogP contribution in [0.25, 0.3) is 0 Å². The molecule has 70 valence electrons. The Kier molecular flexibility index (Phi) is 1.81. The summed E-state index contributed by atoms with van der Waals surface area (Å²) in [6.07, 6.45) is 2.14. The number of rotatable bonds is 1. The number of anilines is 1. The largest absolute Gasteiger partial charge is 0.393 e. The van der Waals surface area contributed by atoms with E-state index in [1.165, 1.54) is 0 Å². The maximum Gasteiger partial charge on any atom is 0.235 e. The van der Waals surface area contributed by atoms with Crippen molar-refractivity contribution in [2.24, 2.45) is 0 Å². The quantitative estimate of drug-likeness (QED) is 0.564. The van der Waals surface area contributed by atoms with E-state index in [1.54, 1.807) is 0 Å². The van der Waals surface area contributed by atoms with Crippen LogP contribution in [-0.4, -0.2) is 27.4 Å². The number of aromatic nitrogens is 2. The lowest BCUT2D eigenvalue weighted by molar-refractivity contribution is 0.157. The van der Waals surface area contributed by atoms with Crippen LogP contribution in [0.15, 0.2) is 0 Å². The molecule has 0 fully saturated rings. The normalized spacial score (nSPS) is 21.2. The molecule has 3 N–H and O–H groups in total. The third-order valence-electron chi connectivity index (χ3n) is 2.39. The van der Waals surface area contributed by atoms with Crippen LogP contribution in [0.5, 0.6) is 0 Å². The number of nitrogens with two attached hydrogens (primary N) is 1. The zero-order chi connectivity index (χ0) is 9.42. The number of carbonyl (C=O) groups is 1. The van der Waals surface area contributed by atoms with Crippen LogP contribution >= 0.6 is 0 Å². The Morgan fingerprint density at radius 1 is 1.69 bits per heavy atom. The van der Waals surface area contributed by atoms with Gasteiger partial charge in [-0.25, -0.2) is 0 Å². The Balaban J connectivity index is 2.45. The predicted molar refractivity (Wildman–Crippen MR) is 46.8 cm³/mol. The molecule has 1 aromatic rings. The number of aliphatic hydroxyl groups is 1. The smallest absolute Gasteiger partial charge is 0.235 e. The summed E-state index contributed by atoms with van der Waals surface area (Å²) in [5.74, 6) is 0.414. The summed E-state index contributed by atoms with van der Waals surface area (Å²) in [6.45, 7) is 0. The van der Waals surface area contributed by atoms with Crippen molar-refractivity contribution < 1.29 is 9.90 Å². The number of carbonyl (C=O) groups excluding carboxylic acids is 1. The lowest BCUT2D eigenvalue weighted by Crippen LogP contribution is -2.18. The summed E-state index contributed by atoms with van der Waals surface area (Å²) in [7, 11) is 0. The van der Waals surface area contributed by atoms with Crippen LogP contribution in [0.4, 0.5) is 5.82 Å². The predicted octanol–water partition coefficient (Wildman–Crippen LogP) is -0.647. The van der Waals surface area contributed by atoms with Gasteiger partial charge < -0.3 is 10.8 Å². The highest BCUT2D eigenvalue weighted by Gasteiger charge is 2.23. The van der Waals surface area contributed by atoms with Crippen molar-refractivity contribution in [3.05, 3.63) is 11.3 Å². The van der Waals surface area contributed by atoms with Crippen molar-refractivity contribution in [3.63, 3.8) is 0 Å². The molecule has 0 radical (unpaired) electrons. The Bertz CT molecular complexity index is 345. The standard InChI is InChI=1S/C8H11N3O2/c9-8-6-2-1-5(13)3-7(6)10-11(8)4-12/h4-5,13H,1-3,9H2. The van der Waals surface area contributed by atoms with Gasteiger partial charge in [0.25, 0.3) is 0 Å². The maximum absolute atomic E-state index is 10.5. The molecule has 5 heteroatoms. The molecule has 1 unspecified atom stereocenters. The monoisotopic (exact) mass is 181 g/mol. The molecule has 0 spiro atoms. The molecule has 2 rings (SSSR count). The van der Waals surface area contributed by atoms with E-state index in [1.807, 2.05) is 0 Å². The van der Waals surface area contributed by atoms with Gasteiger partial charge in [-0.05, 0) is 12.8 Å². The van der Waals surface area contributed by atoms with Crippen LogP contribution in [0, 0.1) is 0 Å². The van der Waals surface area contributed by atoms with E-state index < -0.39 is 0 Å². The van der Waals surface area contributed by atoms with Gasteiger partial charge in [-0.1, -0.05) is 0 Å². The molecule has 0 saturated heterocycles. The molecular weight excluding hydrogens is 170 g/mol. The molecule has 0 bridgehead atoms. The van der Waals surface area contributed by atoms with Crippen molar-refractivity contribution in [2.45, 2.75) is 25.4 Å². The first kappa shape index (κ1) is 8.25. The van der Waals surface area contributed by atoms with E-state index in [-0.39, 0.29) is 6.10 Å². The maximum atomic E-state index is 10.5. The van der Waals surface area contributed by atoms with Gasteiger partial charge in [0.15, 0.2) is 0 Å². The third-order valence-corrected chi connectivity index (χ3v) is 2.39. The summed E-state index contributed by atoms with van der Waals surface area (Å²) >= 11 is 0. The molecule has 5 nitrogen and oxygen atoms in total. The Morgan fingerprint density at radius 3 is 3.15 bits per heavy atom. The first-order chi connectivity index (χ1) is 6.22. The summed E-state index contributed by atoms with van der Waals surface area (Å²) in [6, 6.07) is 0. The second-order valence-electron chi connectivity index (χ2n) is 3.26. The fraction of sp³-hybridized carbons (Fsp3) is 0.500. The summed E-state index contributed by atoms with van der Waals surface area (Å²) in [5, 5.41) is 13.3. The second-order valence-corrected chi connectivity index (χ2v) is 3.26. The second kappa shape index (κ2) is 2.85. The third kappa shape index (κ3) is 1.21.